The van der Waals surface area contributed by atoms with Gasteiger partial charge >= 0.3 is 5.97 Å². The molecular weight excluding hydrogens is 224 g/mol. The second kappa shape index (κ2) is 7.57. The van der Waals surface area contributed by atoms with Crippen LogP contribution in [0.15, 0.2) is 0 Å². The zero-order valence-electron chi connectivity index (χ0n) is 10.5. The number of nitrogens with zero attached hydrogens (tertiary/aromatic N) is 1. The molecule has 2 unspecified atom stereocenters. The molecule has 2 N–H and O–H groups in total. The molecule has 0 heterocycles. The molecule has 0 aliphatic heterocycles. The number of esters is 1. The van der Waals surface area contributed by atoms with Crippen LogP contribution < -0.4 is 5.73 Å². The molecule has 0 spiro atoms. The minimum atomic E-state index is -0.218. The highest BCUT2D eigenvalue weighted by atomic mass is 32.1. The van der Waals surface area contributed by atoms with Crippen LogP contribution in [0.1, 0.15) is 33.6 Å². The summed E-state index contributed by atoms with van der Waals surface area (Å²) >= 11 is 4.87. The van der Waals surface area contributed by atoms with E-state index in [9.17, 15) is 4.79 Å². The number of nitrogens with two attached hydrogens (primary N) is 1. The van der Waals surface area contributed by atoms with Crippen molar-refractivity contribution in [2.24, 2.45) is 5.73 Å². The molecular formula is C11H22N2O2S. The van der Waals surface area contributed by atoms with Crippen LogP contribution >= 0.6 is 12.2 Å². The molecule has 5 heteroatoms. The van der Waals surface area contributed by atoms with Gasteiger partial charge in [-0.1, -0.05) is 19.1 Å². The normalized spacial score (nSPS) is 14.6. The molecule has 0 saturated carbocycles. The highest BCUT2D eigenvalue weighted by Crippen LogP contribution is 2.11. The third-order valence-corrected chi connectivity index (χ3v) is 2.80. The van der Waals surface area contributed by atoms with E-state index in [1.54, 1.807) is 0 Å². The van der Waals surface area contributed by atoms with E-state index in [4.69, 9.17) is 22.7 Å². The molecule has 16 heavy (non-hydrogen) atoms. The summed E-state index contributed by atoms with van der Waals surface area (Å²) < 4.78 is 5.03. The van der Waals surface area contributed by atoms with Gasteiger partial charge in [-0.25, -0.2) is 0 Å². The van der Waals surface area contributed by atoms with Crippen molar-refractivity contribution in [3.63, 3.8) is 0 Å². The number of thiocarbonyl (C=S) groups is 1. The molecule has 0 fully saturated rings. The number of rotatable bonds is 7. The van der Waals surface area contributed by atoms with Crippen molar-refractivity contribution in [1.29, 1.82) is 0 Å². The van der Waals surface area contributed by atoms with Crippen LogP contribution in [0.4, 0.5) is 0 Å². The second-order valence-electron chi connectivity index (χ2n) is 3.86. The van der Waals surface area contributed by atoms with Gasteiger partial charge in [0.15, 0.2) is 0 Å². The Bertz CT molecular complexity index is 246. The Balaban J connectivity index is 4.44. The number of hydrogen-bond donors (Lipinski definition) is 1. The number of carbonyl (C=O) groups excluding carboxylic acids is 1. The van der Waals surface area contributed by atoms with Gasteiger partial charge in [-0.2, -0.15) is 0 Å². The van der Waals surface area contributed by atoms with E-state index >= 15 is 0 Å². The first-order valence-electron chi connectivity index (χ1n) is 5.60. The second-order valence-corrected chi connectivity index (χ2v) is 4.39. The van der Waals surface area contributed by atoms with Crippen LogP contribution in [0.25, 0.3) is 0 Å². The van der Waals surface area contributed by atoms with Crippen LogP contribution in [-0.4, -0.2) is 41.6 Å². The van der Waals surface area contributed by atoms with Gasteiger partial charge < -0.3 is 10.5 Å². The van der Waals surface area contributed by atoms with E-state index in [0.717, 1.165) is 6.42 Å². The smallest absolute Gasteiger partial charge is 0.323 e. The molecule has 0 aliphatic carbocycles. The van der Waals surface area contributed by atoms with Crippen LogP contribution in [-0.2, 0) is 9.53 Å². The zero-order chi connectivity index (χ0) is 12.7. The monoisotopic (exact) mass is 246 g/mol. The number of ether oxygens (including phenoxy) is 1. The van der Waals surface area contributed by atoms with Crippen molar-refractivity contribution in [2.45, 2.75) is 45.7 Å². The fourth-order valence-electron chi connectivity index (χ4n) is 1.60. The van der Waals surface area contributed by atoms with E-state index in [1.807, 2.05) is 32.7 Å². The first kappa shape index (κ1) is 15.3. The van der Waals surface area contributed by atoms with E-state index in [0.29, 0.717) is 18.0 Å². The summed E-state index contributed by atoms with van der Waals surface area (Å²) in [5, 5.41) is 0. The maximum atomic E-state index is 11.7. The van der Waals surface area contributed by atoms with E-state index in [2.05, 4.69) is 0 Å². The lowest BCUT2D eigenvalue weighted by Gasteiger charge is -2.30. The van der Waals surface area contributed by atoms with Gasteiger partial charge in [0.05, 0.1) is 11.6 Å². The highest BCUT2D eigenvalue weighted by Gasteiger charge is 2.26. The summed E-state index contributed by atoms with van der Waals surface area (Å²) in [6.07, 6.45) is 1.33. The predicted octanol–water partition coefficient (Wildman–Crippen LogP) is 1.32. The Morgan fingerprint density at radius 2 is 2.06 bits per heavy atom. The van der Waals surface area contributed by atoms with E-state index in [-0.39, 0.29) is 18.1 Å². The van der Waals surface area contributed by atoms with Gasteiger partial charge in [0.25, 0.3) is 0 Å². The molecule has 0 aromatic carbocycles. The quantitative estimate of drug-likeness (QED) is 0.542. The molecule has 0 rings (SSSR count). The summed E-state index contributed by atoms with van der Waals surface area (Å²) in [6.45, 7) is 6.18. The lowest BCUT2D eigenvalue weighted by Crippen LogP contribution is -2.45. The van der Waals surface area contributed by atoms with E-state index < -0.39 is 0 Å². The van der Waals surface area contributed by atoms with Gasteiger partial charge in [-0.05, 0) is 27.3 Å². The Hall–Kier alpha value is -0.680. The Morgan fingerprint density at radius 1 is 1.50 bits per heavy atom. The Kier molecular flexibility index (Phi) is 7.25. The molecule has 0 amide bonds. The lowest BCUT2D eigenvalue weighted by atomic mass is 10.1. The van der Waals surface area contributed by atoms with Gasteiger partial charge in [0.2, 0.25) is 0 Å². The largest absolute Gasteiger partial charge is 0.465 e. The Labute approximate surface area is 103 Å². The maximum Gasteiger partial charge on any atom is 0.323 e. The first-order valence-corrected chi connectivity index (χ1v) is 6.01. The number of carbonyl (C=O) groups is 1. The number of likely N-dealkylation sites (N-methyl/N-ethyl adjacent to an activating group) is 1. The molecule has 0 bridgehead atoms. The van der Waals surface area contributed by atoms with Crippen molar-refractivity contribution in [3.8, 4) is 0 Å². The SMILES string of the molecule is CCOC(=O)C(CC)N(C)C(C)CC(N)=S. The molecule has 4 nitrogen and oxygen atoms in total. The summed E-state index contributed by atoms with van der Waals surface area (Å²) in [4.78, 5) is 14.1. The highest BCUT2D eigenvalue weighted by molar-refractivity contribution is 7.80. The summed E-state index contributed by atoms with van der Waals surface area (Å²) in [6, 6.07) is -0.0730. The van der Waals surface area contributed by atoms with Crippen molar-refractivity contribution in [1.82, 2.24) is 4.90 Å². The van der Waals surface area contributed by atoms with Crippen LogP contribution in [0, 0.1) is 0 Å². The minimum absolute atomic E-state index is 0.145. The average molecular weight is 246 g/mol. The third-order valence-electron chi connectivity index (χ3n) is 2.63. The number of hydrogen-bond acceptors (Lipinski definition) is 4. The van der Waals surface area contributed by atoms with Crippen LogP contribution in [0.5, 0.6) is 0 Å². The minimum Gasteiger partial charge on any atom is -0.465 e. The van der Waals surface area contributed by atoms with Gasteiger partial charge in [0.1, 0.15) is 6.04 Å². The van der Waals surface area contributed by atoms with E-state index in [1.165, 1.54) is 0 Å². The summed E-state index contributed by atoms with van der Waals surface area (Å²) in [5.41, 5.74) is 5.50. The maximum absolute atomic E-state index is 11.7. The predicted molar refractivity (Wildman–Crippen MR) is 69.3 cm³/mol. The van der Waals surface area contributed by atoms with Crippen molar-refractivity contribution < 1.29 is 9.53 Å². The summed E-state index contributed by atoms with van der Waals surface area (Å²) in [5.74, 6) is -0.178. The van der Waals surface area contributed by atoms with Crippen molar-refractivity contribution >= 4 is 23.2 Å². The lowest BCUT2D eigenvalue weighted by molar-refractivity contribution is -0.149. The molecule has 0 saturated heterocycles. The van der Waals surface area contributed by atoms with Gasteiger partial charge in [-0.15, -0.1) is 0 Å². The first-order chi connectivity index (χ1) is 7.43. The molecule has 94 valence electrons. The summed E-state index contributed by atoms with van der Waals surface area (Å²) in [7, 11) is 1.90. The topological polar surface area (TPSA) is 55.6 Å². The van der Waals surface area contributed by atoms with Crippen molar-refractivity contribution in [2.75, 3.05) is 13.7 Å². The fourth-order valence-corrected chi connectivity index (χ4v) is 1.84. The molecule has 0 aromatic rings. The van der Waals surface area contributed by atoms with Crippen LogP contribution in [0.3, 0.4) is 0 Å². The zero-order valence-corrected chi connectivity index (χ0v) is 11.3. The molecule has 0 radical (unpaired) electrons. The van der Waals surface area contributed by atoms with Gasteiger partial charge in [0, 0.05) is 12.5 Å². The Morgan fingerprint density at radius 3 is 2.44 bits per heavy atom. The standard InChI is InChI=1S/C11H22N2O2S/c1-5-9(11(14)15-6-2)13(4)8(3)7-10(12)16/h8-9H,5-7H2,1-4H3,(H2,12,16). The average Bonchev–Trinajstić information content (AvgIpc) is 2.17. The molecule has 0 aliphatic rings. The molecule has 2 atom stereocenters. The van der Waals surface area contributed by atoms with Crippen LogP contribution in [0.2, 0.25) is 0 Å². The van der Waals surface area contributed by atoms with Gasteiger partial charge in [-0.3, -0.25) is 9.69 Å². The molecule has 0 aromatic heterocycles. The third kappa shape index (κ3) is 4.90. The van der Waals surface area contributed by atoms with Crippen molar-refractivity contribution in [3.05, 3.63) is 0 Å². The fraction of sp³-hybridized carbons (Fsp3) is 0.818.